The standard InChI is InChI=1S/C9H9F3N4O2/c1-16-8(6(2-13)3-14-16)15-7(17)4-18-5-9(10,11)12/h3H,4-5H2,1H3,(H,15,17). The van der Waals surface area contributed by atoms with Gasteiger partial charge in [-0.1, -0.05) is 0 Å². The highest BCUT2D eigenvalue weighted by Crippen LogP contribution is 2.15. The Hall–Kier alpha value is -2.08. The monoisotopic (exact) mass is 262 g/mol. The summed E-state index contributed by atoms with van der Waals surface area (Å²) in [6.45, 7) is -2.26. The normalized spacial score (nSPS) is 11.1. The predicted molar refractivity (Wildman–Crippen MR) is 53.4 cm³/mol. The molecule has 18 heavy (non-hydrogen) atoms. The van der Waals surface area contributed by atoms with Gasteiger partial charge in [0.2, 0.25) is 0 Å². The highest BCUT2D eigenvalue weighted by atomic mass is 19.4. The second-order valence-electron chi connectivity index (χ2n) is 3.30. The lowest BCUT2D eigenvalue weighted by Gasteiger charge is -2.08. The first-order chi connectivity index (χ1) is 8.33. The van der Waals surface area contributed by atoms with Gasteiger partial charge < -0.3 is 10.1 Å². The van der Waals surface area contributed by atoms with Crippen LogP contribution in [0, 0.1) is 11.3 Å². The average Bonchev–Trinajstić information content (AvgIpc) is 2.58. The number of nitrogens with one attached hydrogen (secondary N) is 1. The fourth-order valence-corrected chi connectivity index (χ4v) is 1.10. The average molecular weight is 262 g/mol. The Morgan fingerprint density at radius 2 is 2.33 bits per heavy atom. The molecule has 9 heteroatoms. The molecule has 1 N–H and O–H groups in total. The van der Waals surface area contributed by atoms with Crippen LogP contribution in [0.1, 0.15) is 5.56 Å². The molecule has 6 nitrogen and oxygen atoms in total. The van der Waals surface area contributed by atoms with Crippen LogP contribution in [-0.2, 0) is 16.6 Å². The third kappa shape index (κ3) is 4.06. The van der Waals surface area contributed by atoms with Crippen LogP contribution < -0.4 is 5.32 Å². The quantitative estimate of drug-likeness (QED) is 0.870. The Bertz CT molecular complexity index is 475. The zero-order valence-electron chi connectivity index (χ0n) is 9.28. The number of rotatable bonds is 4. The third-order valence-electron chi connectivity index (χ3n) is 1.82. The van der Waals surface area contributed by atoms with Gasteiger partial charge in [0, 0.05) is 7.05 Å². The van der Waals surface area contributed by atoms with Crippen LogP contribution in [0.5, 0.6) is 0 Å². The lowest BCUT2D eigenvalue weighted by Crippen LogP contribution is -2.25. The van der Waals surface area contributed by atoms with Crippen LogP contribution in [0.15, 0.2) is 6.20 Å². The van der Waals surface area contributed by atoms with Gasteiger partial charge >= 0.3 is 6.18 Å². The Labute approximate surface area is 99.9 Å². The van der Waals surface area contributed by atoms with Gasteiger partial charge in [-0.05, 0) is 0 Å². The van der Waals surface area contributed by atoms with Crippen molar-refractivity contribution in [2.45, 2.75) is 6.18 Å². The van der Waals surface area contributed by atoms with E-state index in [0.29, 0.717) is 0 Å². The summed E-state index contributed by atoms with van der Waals surface area (Å²) < 4.78 is 40.7. The molecule has 0 saturated heterocycles. The molecule has 98 valence electrons. The van der Waals surface area contributed by atoms with Gasteiger partial charge in [0.1, 0.15) is 30.7 Å². The molecule has 1 aromatic rings. The van der Waals surface area contributed by atoms with Crippen molar-refractivity contribution < 1.29 is 22.7 Å². The number of aromatic nitrogens is 2. The predicted octanol–water partition coefficient (Wildman–Crippen LogP) is 0.809. The molecule has 0 aromatic carbocycles. The molecular weight excluding hydrogens is 253 g/mol. The molecule has 0 spiro atoms. The van der Waals surface area contributed by atoms with Gasteiger partial charge in [-0.15, -0.1) is 0 Å². The Balaban J connectivity index is 2.50. The van der Waals surface area contributed by atoms with E-state index >= 15 is 0 Å². The van der Waals surface area contributed by atoms with Crippen LogP contribution in [0.25, 0.3) is 0 Å². The maximum atomic E-state index is 11.8. The molecule has 0 aliphatic heterocycles. The molecule has 1 rings (SSSR count). The van der Waals surface area contributed by atoms with Gasteiger partial charge in [0.05, 0.1) is 6.20 Å². The molecular formula is C9H9F3N4O2. The minimum Gasteiger partial charge on any atom is -0.362 e. The largest absolute Gasteiger partial charge is 0.411 e. The summed E-state index contributed by atoms with van der Waals surface area (Å²) in [5.41, 5.74) is 0.113. The minimum atomic E-state index is -4.48. The summed E-state index contributed by atoms with van der Waals surface area (Å²) in [5, 5.41) is 14.7. The van der Waals surface area contributed by atoms with Crippen LogP contribution in [0.2, 0.25) is 0 Å². The second-order valence-corrected chi connectivity index (χ2v) is 3.30. The van der Waals surface area contributed by atoms with Crippen molar-refractivity contribution in [1.82, 2.24) is 9.78 Å². The summed E-state index contributed by atoms with van der Waals surface area (Å²) in [4.78, 5) is 11.3. The number of amides is 1. The van der Waals surface area contributed by atoms with Crippen molar-refractivity contribution in [3.63, 3.8) is 0 Å². The molecule has 1 heterocycles. The van der Waals surface area contributed by atoms with Crippen molar-refractivity contribution in [1.29, 1.82) is 5.26 Å². The van der Waals surface area contributed by atoms with E-state index in [-0.39, 0.29) is 11.4 Å². The third-order valence-corrected chi connectivity index (χ3v) is 1.82. The molecule has 0 saturated carbocycles. The van der Waals surface area contributed by atoms with E-state index < -0.39 is 25.3 Å². The maximum absolute atomic E-state index is 11.8. The van der Waals surface area contributed by atoms with Crippen molar-refractivity contribution in [2.75, 3.05) is 18.5 Å². The Morgan fingerprint density at radius 3 is 2.89 bits per heavy atom. The van der Waals surface area contributed by atoms with Crippen molar-refractivity contribution in [3.05, 3.63) is 11.8 Å². The van der Waals surface area contributed by atoms with Gasteiger partial charge in [0.15, 0.2) is 0 Å². The molecule has 1 aromatic heterocycles. The lowest BCUT2D eigenvalue weighted by atomic mass is 10.3. The van der Waals surface area contributed by atoms with Crippen LogP contribution in [0.3, 0.4) is 0 Å². The number of aryl methyl sites for hydroxylation is 1. The van der Waals surface area contributed by atoms with E-state index in [9.17, 15) is 18.0 Å². The van der Waals surface area contributed by atoms with E-state index in [4.69, 9.17) is 5.26 Å². The number of halogens is 3. The molecule has 0 unspecified atom stereocenters. The topological polar surface area (TPSA) is 79.9 Å². The number of anilines is 1. The van der Waals surface area contributed by atoms with Crippen molar-refractivity contribution in [3.8, 4) is 6.07 Å². The number of nitriles is 1. The molecule has 0 atom stereocenters. The summed E-state index contributed by atoms with van der Waals surface area (Å²) in [5.74, 6) is -0.683. The first-order valence-corrected chi connectivity index (χ1v) is 4.70. The van der Waals surface area contributed by atoms with Gasteiger partial charge in [-0.3, -0.25) is 9.48 Å². The Kier molecular flexibility index (Phi) is 4.28. The first kappa shape index (κ1) is 14.0. The highest BCUT2D eigenvalue weighted by molar-refractivity contribution is 5.92. The number of hydrogen-bond acceptors (Lipinski definition) is 4. The van der Waals surface area contributed by atoms with E-state index in [1.54, 1.807) is 6.07 Å². The van der Waals surface area contributed by atoms with Crippen molar-refractivity contribution in [2.24, 2.45) is 7.05 Å². The molecule has 0 aliphatic rings. The second kappa shape index (κ2) is 5.50. The molecule has 0 bridgehead atoms. The number of carbonyl (C=O) groups excluding carboxylic acids is 1. The lowest BCUT2D eigenvalue weighted by molar-refractivity contribution is -0.174. The summed E-state index contributed by atoms with van der Waals surface area (Å²) in [6.07, 6.45) is -3.25. The van der Waals surface area contributed by atoms with Crippen molar-refractivity contribution >= 4 is 11.7 Å². The fraction of sp³-hybridized carbons (Fsp3) is 0.444. The summed E-state index contributed by atoms with van der Waals surface area (Å²) >= 11 is 0. The Morgan fingerprint density at radius 1 is 1.67 bits per heavy atom. The molecule has 1 amide bonds. The molecule has 0 radical (unpaired) electrons. The van der Waals surface area contributed by atoms with E-state index in [1.807, 2.05) is 0 Å². The van der Waals surface area contributed by atoms with Gasteiger partial charge in [-0.25, -0.2) is 0 Å². The number of alkyl halides is 3. The van der Waals surface area contributed by atoms with Gasteiger partial charge in [0.25, 0.3) is 5.91 Å². The first-order valence-electron chi connectivity index (χ1n) is 4.70. The summed E-state index contributed by atoms with van der Waals surface area (Å²) in [7, 11) is 1.48. The smallest absolute Gasteiger partial charge is 0.362 e. The highest BCUT2D eigenvalue weighted by Gasteiger charge is 2.27. The fourth-order valence-electron chi connectivity index (χ4n) is 1.10. The maximum Gasteiger partial charge on any atom is 0.411 e. The van der Waals surface area contributed by atoms with E-state index in [2.05, 4.69) is 15.2 Å². The molecule has 0 aliphatic carbocycles. The van der Waals surface area contributed by atoms with Gasteiger partial charge in [-0.2, -0.15) is 23.5 Å². The zero-order chi connectivity index (χ0) is 13.8. The van der Waals surface area contributed by atoms with Crippen LogP contribution in [0.4, 0.5) is 19.0 Å². The van der Waals surface area contributed by atoms with E-state index in [1.165, 1.54) is 17.9 Å². The molecule has 0 fully saturated rings. The number of nitrogens with zero attached hydrogens (tertiary/aromatic N) is 3. The number of hydrogen-bond donors (Lipinski definition) is 1. The van der Waals surface area contributed by atoms with Crippen LogP contribution in [-0.4, -0.2) is 35.1 Å². The SMILES string of the molecule is Cn1ncc(C#N)c1NC(=O)COCC(F)(F)F. The minimum absolute atomic E-state index is 0.109. The van der Waals surface area contributed by atoms with E-state index in [0.717, 1.165) is 0 Å². The number of ether oxygens (including phenoxy) is 1. The van der Waals surface area contributed by atoms with Crippen LogP contribution >= 0.6 is 0 Å². The summed E-state index contributed by atoms with van der Waals surface area (Å²) in [6, 6.07) is 1.78. The zero-order valence-corrected chi connectivity index (χ0v) is 9.28. The number of carbonyl (C=O) groups is 1.